The van der Waals surface area contributed by atoms with Crippen LogP contribution in [0.2, 0.25) is 18.9 Å². The van der Waals surface area contributed by atoms with Crippen molar-refractivity contribution in [1.82, 2.24) is 0 Å². The number of hydrogen-bond donors (Lipinski definition) is 0. The zero-order valence-electron chi connectivity index (χ0n) is 6.46. The molecule has 0 heterocycles. The van der Waals surface area contributed by atoms with Gasteiger partial charge in [0.1, 0.15) is 0 Å². The molecule has 0 saturated heterocycles. The Kier molecular flexibility index (Phi) is 7.85. The van der Waals surface area contributed by atoms with Crippen LogP contribution < -0.4 is 0 Å². The Morgan fingerprint density at radius 2 is 1.45 bits per heavy atom. The molecule has 0 fully saturated rings. The molecule has 3 nitrogen and oxygen atoms in total. The van der Waals surface area contributed by atoms with Gasteiger partial charge in [0.25, 0.3) is 0 Å². The molecule has 0 aromatic rings. The third kappa shape index (κ3) is 7.09. The van der Waals surface area contributed by atoms with Gasteiger partial charge in [-0.3, -0.25) is 0 Å². The predicted octanol–water partition coefficient (Wildman–Crippen LogP) is 0.397. The Labute approximate surface area is 86.4 Å². The SMILES string of the molecule is C[Te]CC(=O)OC(=O)C[Te]C. The molecule has 0 amide bonds. The van der Waals surface area contributed by atoms with Gasteiger partial charge in [-0.15, -0.1) is 0 Å². The molecule has 64 valence electrons. The van der Waals surface area contributed by atoms with Gasteiger partial charge < -0.3 is 0 Å². The summed E-state index contributed by atoms with van der Waals surface area (Å²) in [6, 6.07) is 0. The summed E-state index contributed by atoms with van der Waals surface area (Å²) >= 11 is -0.480. The Hall–Kier alpha value is 0.719. The van der Waals surface area contributed by atoms with Crippen LogP contribution >= 0.6 is 0 Å². The summed E-state index contributed by atoms with van der Waals surface area (Å²) in [4.78, 5) is 25.5. The fourth-order valence-corrected chi connectivity index (χ4v) is 2.10. The summed E-state index contributed by atoms with van der Waals surface area (Å²) in [5.74, 6) is -0.665. The summed E-state index contributed by atoms with van der Waals surface area (Å²) in [5.41, 5.74) is 0. The van der Waals surface area contributed by atoms with Gasteiger partial charge in [-0.25, -0.2) is 0 Å². The quantitative estimate of drug-likeness (QED) is 0.400. The fraction of sp³-hybridized carbons (Fsp3) is 0.667. The van der Waals surface area contributed by atoms with E-state index in [4.69, 9.17) is 0 Å². The van der Waals surface area contributed by atoms with Crippen LogP contribution in [0.4, 0.5) is 0 Å². The molecule has 0 aliphatic rings. The molecule has 11 heavy (non-hydrogen) atoms. The van der Waals surface area contributed by atoms with E-state index in [1.54, 1.807) is 0 Å². The van der Waals surface area contributed by atoms with Crippen molar-refractivity contribution in [3.05, 3.63) is 0 Å². The maximum absolute atomic E-state index is 10.7. The number of rotatable bonds is 4. The van der Waals surface area contributed by atoms with Crippen LogP contribution in [-0.2, 0) is 14.3 Å². The van der Waals surface area contributed by atoms with Gasteiger partial charge in [0.15, 0.2) is 0 Å². The molecule has 0 aromatic carbocycles. The van der Waals surface area contributed by atoms with Crippen molar-refractivity contribution >= 4 is 53.8 Å². The van der Waals surface area contributed by atoms with Gasteiger partial charge in [-0.05, 0) is 0 Å². The number of ether oxygens (including phenoxy) is 1. The molecule has 0 aliphatic carbocycles. The van der Waals surface area contributed by atoms with Crippen LogP contribution in [0.15, 0.2) is 0 Å². The molecule has 0 unspecified atom stereocenters. The summed E-state index contributed by atoms with van der Waals surface area (Å²) in [5, 5.41) is 0. The van der Waals surface area contributed by atoms with Crippen LogP contribution in [0.25, 0.3) is 0 Å². The normalized spacial score (nSPS) is 9.27. The summed E-state index contributed by atoms with van der Waals surface area (Å²) in [6.07, 6.45) is 0. The molecule has 0 bridgehead atoms. The molecule has 5 heteroatoms. The van der Waals surface area contributed by atoms with Crippen molar-refractivity contribution in [2.45, 2.75) is 18.9 Å². The topological polar surface area (TPSA) is 43.4 Å². The number of carbonyl (C=O) groups is 2. The van der Waals surface area contributed by atoms with E-state index in [1.165, 1.54) is 0 Å². The first-order chi connectivity index (χ1) is 5.20. The van der Waals surface area contributed by atoms with Crippen molar-refractivity contribution in [3.8, 4) is 0 Å². The van der Waals surface area contributed by atoms with E-state index in [1.807, 2.05) is 9.94 Å². The van der Waals surface area contributed by atoms with Gasteiger partial charge >= 0.3 is 87.0 Å². The summed E-state index contributed by atoms with van der Waals surface area (Å²) in [7, 11) is 0. The standard InChI is InChI=1S/C6H10O3Te2/c1-10-3-5(7)9-6(8)4-11-2/h3-4H2,1-2H3. The van der Waals surface area contributed by atoms with E-state index in [-0.39, 0.29) is 53.8 Å². The van der Waals surface area contributed by atoms with E-state index in [0.29, 0.717) is 8.94 Å². The molecule has 0 radical (unpaired) electrons. The van der Waals surface area contributed by atoms with Crippen molar-refractivity contribution in [2.75, 3.05) is 0 Å². The first kappa shape index (κ1) is 11.7. The maximum atomic E-state index is 10.7. The van der Waals surface area contributed by atoms with E-state index in [2.05, 4.69) is 4.74 Å². The van der Waals surface area contributed by atoms with Gasteiger partial charge in [-0.1, -0.05) is 0 Å². The number of hydrogen-bond acceptors (Lipinski definition) is 3. The minimum atomic E-state index is -0.333. The zero-order chi connectivity index (χ0) is 8.69. The molecule has 0 saturated carbocycles. The summed E-state index contributed by atoms with van der Waals surface area (Å²) < 4.78 is 5.46. The second kappa shape index (κ2) is 7.37. The first-order valence-corrected chi connectivity index (χ1v) is 10.9. The third-order valence-corrected chi connectivity index (χ3v) is 3.75. The van der Waals surface area contributed by atoms with Crippen LogP contribution in [0, 0.1) is 0 Å². The van der Waals surface area contributed by atoms with Crippen molar-refractivity contribution < 1.29 is 14.3 Å². The molecule has 0 spiro atoms. The number of carbonyl (C=O) groups excluding carboxylic acids is 2. The second-order valence-corrected chi connectivity index (χ2v) is 6.66. The molecule has 0 atom stereocenters. The Morgan fingerprint density at radius 3 is 1.73 bits per heavy atom. The monoisotopic (exact) mass is 390 g/mol. The summed E-state index contributed by atoms with van der Waals surface area (Å²) in [6.45, 7) is 0. The van der Waals surface area contributed by atoms with Crippen molar-refractivity contribution in [2.24, 2.45) is 0 Å². The molecule has 0 N–H and O–H groups in total. The van der Waals surface area contributed by atoms with Gasteiger partial charge in [0, 0.05) is 0 Å². The van der Waals surface area contributed by atoms with Crippen LogP contribution in [0.5, 0.6) is 0 Å². The number of esters is 2. The van der Waals surface area contributed by atoms with E-state index < -0.39 is 0 Å². The third-order valence-electron chi connectivity index (χ3n) is 0.752. The van der Waals surface area contributed by atoms with E-state index in [9.17, 15) is 9.59 Å². The van der Waals surface area contributed by atoms with E-state index >= 15 is 0 Å². The Balaban J connectivity index is 3.49. The molecule has 0 aromatic heterocycles. The first-order valence-electron chi connectivity index (χ1n) is 2.92. The second-order valence-electron chi connectivity index (χ2n) is 1.71. The average Bonchev–Trinajstić information content (AvgIpc) is 1.87. The fourth-order valence-electron chi connectivity index (χ4n) is 0.422. The molecule has 0 rings (SSSR count). The van der Waals surface area contributed by atoms with Crippen molar-refractivity contribution in [3.63, 3.8) is 0 Å². The molecular weight excluding hydrogens is 375 g/mol. The molecular formula is C6H10O3Te2. The van der Waals surface area contributed by atoms with Gasteiger partial charge in [0.2, 0.25) is 0 Å². The van der Waals surface area contributed by atoms with Gasteiger partial charge in [0.05, 0.1) is 0 Å². The molecule has 0 aliphatic heterocycles. The zero-order valence-corrected chi connectivity index (χ0v) is 11.1. The predicted molar refractivity (Wildman–Crippen MR) is 43.9 cm³/mol. The van der Waals surface area contributed by atoms with Crippen LogP contribution in [0.3, 0.4) is 0 Å². The minimum absolute atomic E-state index is 0.240. The van der Waals surface area contributed by atoms with Crippen LogP contribution in [0.1, 0.15) is 0 Å². The van der Waals surface area contributed by atoms with E-state index in [0.717, 1.165) is 0 Å². The Morgan fingerprint density at radius 1 is 1.09 bits per heavy atom. The van der Waals surface area contributed by atoms with Crippen molar-refractivity contribution in [1.29, 1.82) is 0 Å². The van der Waals surface area contributed by atoms with Crippen LogP contribution in [-0.4, -0.2) is 53.8 Å². The Bertz CT molecular complexity index is 131. The van der Waals surface area contributed by atoms with Gasteiger partial charge in [-0.2, -0.15) is 0 Å². The average molecular weight is 385 g/mol.